The molecular formula is C19H28N4O2. The Balaban J connectivity index is 1.58. The van der Waals surface area contributed by atoms with Gasteiger partial charge in [-0.3, -0.25) is 9.59 Å². The van der Waals surface area contributed by atoms with Gasteiger partial charge in [-0.15, -0.1) is 0 Å². The van der Waals surface area contributed by atoms with Gasteiger partial charge in [-0.25, -0.2) is 0 Å². The molecule has 0 radical (unpaired) electrons. The minimum atomic E-state index is -0.594. The predicted molar refractivity (Wildman–Crippen MR) is 99.8 cm³/mol. The molecule has 0 aromatic heterocycles. The lowest BCUT2D eigenvalue weighted by Gasteiger charge is -2.34. The molecule has 1 saturated heterocycles. The van der Waals surface area contributed by atoms with Crippen molar-refractivity contribution in [1.29, 1.82) is 0 Å². The highest BCUT2D eigenvalue weighted by molar-refractivity contribution is 6.39. The molecular weight excluding hydrogens is 316 g/mol. The summed E-state index contributed by atoms with van der Waals surface area (Å²) in [6.45, 7) is 8.03. The van der Waals surface area contributed by atoms with Crippen LogP contribution in [0.15, 0.2) is 18.2 Å². The zero-order valence-corrected chi connectivity index (χ0v) is 15.3. The number of carbonyl (C=O) groups is 2. The van der Waals surface area contributed by atoms with Crippen LogP contribution >= 0.6 is 0 Å². The maximum atomic E-state index is 12.1. The predicted octanol–water partition coefficient (Wildman–Crippen LogP) is 1.60. The van der Waals surface area contributed by atoms with Crippen LogP contribution in [0.25, 0.3) is 0 Å². The normalized spacial score (nSPS) is 19.4. The Morgan fingerprint density at radius 2 is 1.80 bits per heavy atom. The van der Waals surface area contributed by atoms with Gasteiger partial charge < -0.3 is 20.4 Å². The average Bonchev–Trinajstić information content (AvgIpc) is 3.42. The summed E-state index contributed by atoms with van der Waals surface area (Å²) < 4.78 is 0. The molecule has 2 amide bonds. The molecule has 6 nitrogen and oxygen atoms in total. The number of carbonyl (C=O) groups excluding carboxylic acids is 2. The SMILES string of the molecule is Cc1cc(N2CCN(C)CC2)ccc1NC(=O)C(=O)N[C@H](C)C1CC1. The first-order valence-corrected chi connectivity index (χ1v) is 9.10. The first-order chi connectivity index (χ1) is 11.9. The number of piperazine rings is 1. The van der Waals surface area contributed by atoms with Crippen molar-refractivity contribution in [3.63, 3.8) is 0 Å². The van der Waals surface area contributed by atoms with Crippen LogP contribution in [-0.2, 0) is 9.59 Å². The molecule has 2 N–H and O–H groups in total. The lowest BCUT2D eigenvalue weighted by molar-refractivity contribution is -0.136. The molecule has 1 saturated carbocycles. The summed E-state index contributed by atoms with van der Waals surface area (Å²) in [5.74, 6) is -0.619. The van der Waals surface area contributed by atoms with Crippen LogP contribution < -0.4 is 15.5 Å². The maximum absolute atomic E-state index is 12.1. The van der Waals surface area contributed by atoms with E-state index in [0.29, 0.717) is 11.6 Å². The van der Waals surface area contributed by atoms with Crippen molar-refractivity contribution in [1.82, 2.24) is 10.2 Å². The lowest BCUT2D eigenvalue weighted by Crippen LogP contribution is -2.44. The monoisotopic (exact) mass is 344 g/mol. The maximum Gasteiger partial charge on any atom is 0.313 e. The highest BCUT2D eigenvalue weighted by atomic mass is 16.2. The Kier molecular flexibility index (Phi) is 5.27. The molecule has 0 spiro atoms. The van der Waals surface area contributed by atoms with Crippen LogP contribution in [0.5, 0.6) is 0 Å². The molecule has 2 fully saturated rings. The van der Waals surface area contributed by atoms with Crippen molar-refractivity contribution >= 4 is 23.2 Å². The molecule has 1 atom stereocenters. The van der Waals surface area contributed by atoms with Gasteiger partial charge in [0.1, 0.15) is 0 Å². The highest BCUT2D eigenvalue weighted by Gasteiger charge is 2.30. The van der Waals surface area contributed by atoms with E-state index in [1.54, 1.807) is 0 Å². The number of benzene rings is 1. The molecule has 6 heteroatoms. The second-order valence-corrected chi connectivity index (χ2v) is 7.34. The van der Waals surface area contributed by atoms with Gasteiger partial charge in [0.05, 0.1) is 0 Å². The molecule has 1 aliphatic carbocycles. The largest absolute Gasteiger partial charge is 0.369 e. The molecule has 2 aliphatic rings. The molecule has 3 rings (SSSR count). The van der Waals surface area contributed by atoms with Gasteiger partial charge in [0.25, 0.3) is 0 Å². The van der Waals surface area contributed by atoms with Crippen LogP contribution in [0.3, 0.4) is 0 Å². The molecule has 0 bridgehead atoms. The van der Waals surface area contributed by atoms with Gasteiger partial charge in [0.15, 0.2) is 0 Å². The van der Waals surface area contributed by atoms with E-state index < -0.39 is 11.8 Å². The van der Waals surface area contributed by atoms with Gasteiger partial charge in [-0.1, -0.05) is 0 Å². The fourth-order valence-corrected chi connectivity index (χ4v) is 3.21. The second-order valence-electron chi connectivity index (χ2n) is 7.34. The third-order valence-corrected chi connectivity index (χ3v) is 5.22. The van der Waals surface area contributed by atoms with Gasteiger partial charge >= 0.3 is 11.8 Å². The summed E-state index contributed by atoms with van der Waals surface area (Å²) in [6.07, 6.45) is 2.27. The van der Waals surface area contributed by atoms with Gasteiger partial charge in [0.2, 0.25) is 0 Å². The van der Waals surface area contributed by atoms with E-state index >= 15 is 0 Å². The lowest BCUT2D eigenvalue weighted by atomic mass is 10.1. The molecule has 0 unspecified atom stereocenters. The number of hydrogen-bond acceptors (Lipinski definition) is 4. The van der Waals surface area contributed by atoms with Gasteiger partial charge in [0, 0.05) is 43.6 Å². The van der Waals surface area contributed by atoms with Crippen LogP contribution in [0.1, 0.15) is 25.3 Å². The van der Waals surface area contributed by atoms with Crippen LogP contribution in [0, 0.1) is 12.8 Å². The molecule has 25 heavy (non-hydrogen) atoms. The van der Waals surface area contributed by atoms with E-state index in [-0.39, 0.29) is 6.04 Å². The van der Waals surface area contributed by atoms with Crippen molar-refractivity contribution in [3.8, 4) is 0 Å². The third kappa shape index (κ3) is 4.51. The summed E-state index contributed by atoms with van der Waals surface area (Å²) in [4.78, 5) is 28.8. The zero-order valence-electron chi connectivity index (χ0n) is 15.3. The minimum absolute atomic E-state index is 0.0685. The molecule has 136 valence electrons. The highest BCUT2D eigenvalue weighted by Crippen LogP contribution is 2.32. The summed E-state index contributed by atoms with van der Waals surface area (Å²) in [5.41, 5.74) is 2.82. The standard InChI is InChI=1S/C19H28N4O2/c1-13-12-16(23-10-8-22(3)9-11-23)6-7-17(13)21-19(25)18(24)20-14(2)15-4-5-15/h6-7,12,14-15H,4-5,8-11H2,1-3H3,(H,20,24)(H,21,25)/t14-/m1/s1. The Bertz CT molecular complexity index is 649. The fraction of sp³-hybridized carbons (Fsp3) is 0.579. The zero-order chi connectivity index (χ0) is 18.0. The number of hydrogen-bond donors (Lipinski definition) is 2. The molecule has 1 aromatic rings. The first kappa shape index (κ1) is 17.7. The third-order valence-electron chi connectivity index (χ3n) is 5.22. The summed E-state index contributed by atoms with van der Waals surface area (Å²) in [5, 5.41) is 5.52. The number of anilines is 2. The summed E-state index contributed by atoms with van der Waals surface area (Å²) in [7, 11) is 2.14. The number of amides is 2. The number of rotatable bonds is 4. The Morgan fingerprint density at radius 1 is 1.12 bits per heavy atom. The van der Waals surface area contributed by atoms with E-state index in [9.17, 15) is 9.59 Å². The molecule has 1 aliphatic heterocycles. The van der Waals surface area contributed by atoms with Gasteiger partial charge in [-0.2, -0.15) is 0 Å². The van der Waals surface area contributed by atoms with E-state index in [1.165, 1.54) is 0 Å². The number of likely N-dealkylation sites (N-methyl/N-ethyl adjacent to an activating group) is 1. The van der Waals surface area contributed by atoms with Crippen LogP contribution in [-0.4, -0.2) is 56.0 Å². The van der Waals surface area contributed by atoms with Crippen molar-refractivity contribution in [2.75, 3.05) is 43.4 Å². The smallest absolute Gasteiger partial charge is 0.313 e. The second kappa shape index (κ2) is 7.44. The Hall–Kier alpha value is -2.08. The Labute approximate surface area is 149 Å². The number of nitrogens with one attached hydrogen (secondary N) is 2. The number of aryl methyl sites for hydroxylation is 1. The quantitative estimate of drug-likeness (QED) is 0.815. The van der Waals surface area contributed by atoms with E-state index in [0.717, 1.165) is 50.3 Å². The van der Waals surface area contributed by atoms with E-state index in [1.807, 2.05) is 26.0 Å². The minimum Gasteiger partial charge on any atom is -0.369 e. The van der Waals surface area contributed by atoms with Crippen molar-refractivity contribution in [2.24, 2.45) is 5.92 Å². The van der Waals surface area contributed by atoms with Crippen molar-refractivity contribution in [3.05, 3.63) is 23.8 Å². The molecule has 1 aromatic carbocycles. The van der Waals surface area contributed by atoms with Crippen LogP contribution in [0.4, 0.5) is 11.4 Å². The van der Waals surface area contributed by atoms with Crippen LogP contribution in [0.2, 0.25) is 0 Å². The average molecular weight is 344 g/mol. The molecule has 1 heterocycles. The van der Waals surface area contributed by atoms with E-state index in [4.69, 9.17) is 0 Å². The van der Waals surface area contributed by atoms with Gasteiger partial charge in [-0.05, 0) is 63.4 Å². The first-order valence-electron chi connectivity index (χ1n) is 9.10. The van der Waals surface area contributed by atoms with E-state index in [2.05, 4.69) is 33.5 Å². The summed E-state index contributed by atoms with van der Waals surface area (Å²) in [6, 6.07) is 6.04. The fourth-order valence-electron chi connectivity index (χ4n) is 3.21. The topological polar surface area (TPSA) is 64.7 Å². The van der Waals surface area contributed by atoms with Crippen molar-refractivity contribution in [2.45, 2.75) is 32.7 Å². The Morgan fingerprint density at radius 3 is 2.40 bits per heavy atom. The number of nitrogens with zero attached hydrogens (tertiary/aromatic N) is 2. The van der Waals surface area contributed by atoms with Crippen molar-refractivity contribution < 1.29 is 9.59 Å². The summed E-state index contributed by atoms with van der Waals surface area (Å²) >= 11 is 0.